The number of rotatable bonds is 6. The number of carbonyl (C=O) groups is 2. The van der Waals surface area contributed by atoms with Gasteiger partial charge in [0.25, 0.3) is 11.5 Å². The number of nitrogens with one attached hydrogen (secondary N) is 1. The maximum atomic E-state index is 12.3. The van der Waals surface area contributed by atoms with Gasteiger partial charge in [-0.05, 0) is 31.5 Å². The van der Waals surface area contributed by atoms with E-state index < -0.39 is 23.8 Å². The van der Waals surface area contributed by atoms with Gasteiger partial charge in [-0.15, -0.1) is 0 Å². The molecule has 2 atom stereocenters. The molecule has 0 aliphatic rings. The summed E-state index contributed by atoms with van der Waals surface area (Å²) in [6.07, 6.45) is 1.44. The minimum absolute atomic E-state index is 0.237. The van der Waals surface area contributed by atoms with Crippen LogP contribution in [0.2, 0.25) is 5.02 Å². The van der Waals surface area contributed by atoms with E-state index in [0.29, 0.717) is 5.02 Å². The predicted molar refractivity (Wildman–Crippen MR) is 95.0 cm³/mol. The zero-order chi connectivity index (χ0) is 18.6. The van der Waals surface area contributed by atoms with Crippen LogP contribution in [0.5, 0.6) is 0 Å². The SMILES string of the molecule is CC(NC(=O)c1ccc(=O)n(Cc2ccccc2Cl)c1)C(C)C(=O)O. The molecule has 0 saturated heterocycles. The number of carboxylic acids is 1. The standard InChI is InChI=1S/C18H19ClN2O4/c1-11(18(24)25)12(2)20-17(23)14-7-8-16(22)21(10-14)9-13-5-3-4-6-15(13)19/h3-8,10-12H,9H2,1-2H3,(H,20,23)(H,24,25). The molecular weight excluding hydrogens is 344 g/mol. The lowest BCUT2D eigenvalue weighted by Crippen LogP contribution is -2.40. The second kappa shape index (κ2) is 7.98. The van der Waals surface area contributed by atoms with Crippen LogP contribution in [0.4, 0.5) is 0 Å². The maximum absolute atomic E-state index is 12.3. The van der Waals surface area contributed by atoms with Gasteiger partial charge in [0.15, 0.2) is 0 Å². The summed E-state index contributed by atoms with van der Waals surface area (Å²) >= 11 is 6.11. The molecule has 0 aliphatic carbocycles. The molecule has 0 radical (unpaired) electrons. The molecular formula is C18H19ClN2O4. The molecule has 0 saturated carbocycles. The van der Waals surface area contributed by atoms with E-state index in [9.17, 15) is 14.4 Å². The van der Waals surface area contributed by atoms with E-state index >= 15 is 0 Å². The molecule has 25 heavy (non-hydrogen) atoms. The van der Waals surface area contributed by atoms with Crippen LogP contribution in [-0.2, 0) is 11.3 Å². The van der Waals surface area contributed by atoms with Crippen molar-refractivity contribution in [3.63, 3.8) is 0 Å². The highest BCUT2D eigenvalue weighted by atomic mass is 35.5. The molecule has 2 N–H and O–H groups in total. The van der Waals surface area contributed by atoms with Gasteiger partial charge in [0.05, 0.1) is 18.0 Å². The second-order valence-electron chi connectivity index (χ2n) is 5.86. The van der Waals surface area contributed by atoms with E-state index in [1.54, 1.807) is 25.1 Å². The van der Waals surface area contributed by atoms with Crippen molar-refractivity contribution >= 4 is 23.5 Å². The molecule has 1 amide bonds. The molecule has 1 heterocycles. The van der Waals surface area contributed by atoms with Crippen molar-refractivity contribution in [1.82, 2.24) is 9.88 Å². The lowest BCUT2D eigenvalue weighted by atomic mass is 10.0. The van der Waals surface area contributed by atoms with E-state index in [0.717, 1.165) is 5.56 Å². The summed E-state index contributed by atoms with van der Waals surface area (Å²) in [5.74, 6) is -2.15. The fourth-order valence-corrected chi connectivity index (χ4v) is 2.42. The highest BCUT2D eigenvalue weighted by molar-refractivity contribution is 6.31. The van der Waals surface area contributed by atoms with Gasteiger partial charge < -0.3 is 15.0 Å². The number of pyridine rings is 1. The molecule has 7 heteroatoms. The number of amides is 1. The van der Waals surface area contributed by atoms with Crippen LogP contribution in [-0.4, -0.2) is 27.6 Å². The summed E-state index contributed by atoms with van der Waals surface area (Å²) in [6, 6.07) is 9.32. The van der Waals surface area contributed by atoms with Crippen molar-refractivity contribution in [1.29, 1.82) is 0 Å². The summed E-state index contributed by atoms with van der Waals surface area (Å²) in [4.78, 5) is 35.3. The number of hydrogen-bond acceptors (Lipinski definition) is 3. The van der Waals surface area contributed by atoms with Crippen LogP contribution in [0, 0.1) is 5.92 Å². The van der Waals surface area contributed by atoms with Crippen molar-refractivity contribution in [3.8, 4) is 0 Å². The Morgan fingerprint density at radius 1 is 1.20 bits per heavy atom. The van der Waals surface area contributed by atoms with Gasteiger partial charge in [0.1, 0.15) is 0 Å². The van der Waals surface area contributed by atoms with Crippen LogP contribution in [0.1, 0.15) is 29.8 Å². The summed E-state index contributed by atoms with van der Waals surface area (Å²) in [5, 5.41) is 12.2. The van der Waals surface area contributed by atoms with E-state index in [-0.39, 0.29) is 17.7 Å². The maximum Gasteiger partial charge on any atom is 0.308 e. The molecule has 0 aliphatic heterocycles. The summed E-state index contributed by atoms with van der Waals surface area (Å²) in [5.41, 5.74) is 0.774. The monoisotopic (exact) mass is 362 g/mol. The molecule has 0 bridgehead atoms. The third-order valence-corrected chi connectivity index (χ3v) is 4.41. The van der Waals surface area contributed by atoms with Crippen LogP contribution >= 0.6 is 11.6 Å². The highest BCUT2D eigenvalue weighted by Gasteiger charge is 2.21. The zero-order valence-electron chi connectivity index (χ0n) is 13.9. The van der Waals surface area contributed by atoms with Crippen LogP contribution in [0.3, 0.4) is 0 Å². The van der Waals surface area contributed by atoms with Gasteiger partial charge in [-0.1, -0.05) is 29.8 Å². The number of benzene rings is 1. The smallest absolute Gasteiger partial charge is 0.308 e. The average Bonchev–Trinajstić information content (AvgIpc) is 2.57. The number of halogens is 1. The molecule has 2 unspecified atom stereocenters. The van der Waals surface area contributed by atoms with Gasteiger partial charge in [-0.2, -0.15) is 0 Å². The van der Waals surface area contributed by atoms with Gasteiger partial charge in [0.2, 0.25) is 0 Å². The van der Waals surface area contributed by atoms with Crippen molar-refractivity contribution in [3.05, 3.63) is 69.1 Å². The Bertz CT molecular complexity index is 847. The minimum atomic E-state index is -0.989. The quantitative estimate of drug-likeness (QED) is 0.825. The largest absolute Gasteiger partial charge is 0.481 e. The third kappa shape index (κ3) is 4.70. The molecule has 6 nitrogen and oxygen atoms in total. The summed E-state index contributed by atoms with van der Waals surface area (Å²) in [7, 11) is 0. The molecule has 132 valence electrons. The second-order valence-corrected chi connectivity index (χ2v) is 6.27. The van der Waals surface area contributed by atoms with E-state index in [2.05, 4.69) is 5.32 Å². The van der Waals surface area contributed by atoms with Crippen molar-refractivity contribution < 1.29 is 14.7 Å². The molecule has 1 aromatic heterocycles. The Balaban J connectivity index is 2.21. The molecule has 2 rings (SSSR count). The van der Waals surface area contributed by atoms with Crippen molar-refractivity contribution in [2.75, 3.05) is 0 Å². The fourth-order valence-electron chi connectivity index (χ4n) is 2.23. The fraction of sp³-hybridized carbons (Fsp3) is 0.278. The number of hydrogen-bond donors (Lipinski definition) is 2. The van der Waals surface area contributed by atoms with E-state index in [4.69, 9.17) is 16.7 Å². The first-order chi connectivity index (χ1) is 11.8. The van der Waals surface area contributed by atoms with Crippen LogP contribution in [0.15, 0.2) is 47.4 Å². The molecule has 0 spiro atoms. The van der Waals surface area contributed by atoms with E-state index in [1.165, 1.54) is 29.8 Å². The van der Waals surface area contributed by atoms with Crippen LogP contribution in [0.25, 0.3) is 0 Å². The summed E-state index contributed by atoms with van der Waals surface area (Å²) < 4.78 is 1.39. The third-order valence-electron chi connectivity index (χ3n) is 4.04. The van der Waals surface area contributed by atoms with Crippen molar-refractivity contribution in [2.45, 2.75) is 26.4 Å². The minimum Gasteiger partial charge on any atom is -0.481 e. The van der Waals surface area contributed by atoms with E-state index in [1.807, 2.05) is 6.07 Å². The first-order valence-corrected chi connectivity index (χ1v) is 8.15. The molecule has 1 aromatic carbocycles. The topological polar surface area (TPSA) is 88.4 Å². The lowest BCUT2D eigenvalue weighted by Gasteiger charge is -2.18. The Morgan fingerprint density at radius 2 is 1.88 bits per heavy atom. The summed E-state index contributed by atoms with van der Waals surface area (Å²) in [6.45, 7) is 3.38. The van der Waals surface area contributed by atoms with Gasteiger partial charge in [-0.25, -0.2) is 0 Å². The number of carboxylic acid groups (broad SMARTS) is 1. The Hall–Kier alpha value is -2.60. The Kier molecular flexibility index (Phi) is 5.98. The van der Waals surface area contributed by atoms with Gasteiger partial charge in [0, 0.05) is 23.3 Å². The number of carbonyl (C=O) groups excluding carboxylic acids is 1. The van der Waals surface area contributed by atoms with Gasteiger partial charge in [-0.3, -0.25) is 14.4 Å². The number of aliphatic carboxylic acids is 1. The highest BCUT2D eigenvalue weighted by Crippen LogP contribution is 2.15. The first kappa shape index (κ1) is 18.7. The number of aromatic nitrogens is 1. The zero-order valence-corrected chi connectivity index (χ0v) is 14.7. The Morgan fingerprint density at radius 3 is 2.52 bits per heavy atom. The van der Waals surface area contributed by atoms with Crippen molar-refractivity contribution in [2.24, 2.45) is 5.92 Å². The Labute approximate surface area is 150 Å². The molecule has 2 aromatic rings. The molecule has 0 fully saturated rings. The van der Waals surface area contributed by atoms with Crippen LogP contribution < -0.4 is 10.9 Å². The van der Waals surface area contributed by atoms with Gasteiger partial charge >= 0.3 is 5.97 Å². The number of nitrogens with zero attached hydrogens (tertiary/aromatic N) is 1. The normalized spacial score (nSPS) is 13.1. The predicted octanol–water partition coefficient (Wildman–Crippen LogP) is 2.39. The lowest BCUT2D eigenvalue weighted by molar-refractivity contribution is -0.141. The average molecular weight is 363 g/mol. The first-order valence-electron chi connectivity index (χ1n) is 7.77.